The largest absolute Gasteiger partial charge is 0.428 e. The first-order chi connectivity index (χ1) is 8.16. The maximum Gasteiger partial charge on any atom is 0.345 e. The molecule has 17 heavy (non-hydrogen) atoms. The lowest BCUT2D eigenvalue weighted by Crippen LogP contribution is -1.94. The lowest BCUT2D eigenvalue weighted by atomic mass is 10.3. The van der Waals surface area contributed by atoms with Gasteiger partial charge in [-0.3, -0.25) is 0 Å². The Morgan fingerprint density at radius 1 is 0.765 bits per heavy atom. The first kappa shape index (κ1) is 12.5. The highest BCUT2D eigenvalue weighted by Crippen LogP contribution is 2.52. The molecule has 88 valence electrons. The van der Waals surface area contributed by atoms with Crippen molar-refractivity contribution in [2.45, 2.75) is 0 Å². The Bertz CT molecular complexity index is 471. The lowest BCUT2D eigenvalue weighted by Gasteiger charge is -2.18. The van der Waals surface area contributed by atoms with Crippen molar-refractivity contribution in [3.63, 3.8) is 0 Å². The van der Waals surface area contributed by atoms with Gasteiger partial charge in [-0.25, -0.2) is 0 Å². The van der Waals surface area contributed by atoms with E-state index in [0.29, 0.717) is 11.5 Å². The van der Waals surface area contributed by atoms with Gasteiger partial charge in [0, 0.05) is 0 Å². The van der Waals surface area contributed by atoms with Gasteiger partial charge in [-0.05, 0) is 36.1 Å². The third kappa shape index (κ3) is 4.08. The standard InChI is InChI=1S/C12H11O2PS2/c16-15(17,13-11-7-3-1-4-8-11)14-12-9-5-2-6-10-12/h1-10H,(H,16,17). The zero-order chi connectivity index (χ0) is 12.1. The molecular weight excluding hydrogens is 271 g/mol. The molecule has 0 saturated heterocycles. The van der Waals surface area contributed by atoms with Gasteiger partial charge in [0.2, 0.25) is 0 Å². The van der Waals surface area contributed by atoms with Gasteiger partial charge in [-0.15, -0.1) is 0 Å². The van der Waals surface area contributed by atoms with E-state index in [1.807, 2.05) is 60.7 Å². The van der Waals surface area contributed by atoms with E-state index >= 15 is 0 Å². The van der Waals surface area contributed by atoms with Crippen LogP contribution >= 0.6 is 17.9 Å². The van der Waals surface area contributed by atoms with Crippen molar-refractivity contribution in [2.75, 3.05) is 0 Å². The van der Waals surface area contributed by atoms with Crippen LogP contribution in [0.4, 0.5) is 0 Å². The average Bonchev–Trinajstić information content (AvgIpc) is 2.30. The van der Waals surface area contributed by atoms with Crippen molar-refractivity contribution in [2.24, 2.45) is 0 Å². The second kappa shape index (κ2) is 5.58. The summed E-state index contributed by atoms with van der Waals surface area (Å²) in [5.74, 6) is 1.34. The second-order valence-electron chi connectivity index (χ2n) is 3.28. The molecule has 2 aromatic carbocycles. The van der Waals surface area contributed by atoms with Crippen LogP contribution in [0.25, 0.3) is 0 Å². The SMILES string of the molecule is S=P(S)(Oc1ccccc1)Oc1ccccc1. The Labute approximate surface area is 111 Å². The Morgan fingerprint density at radius 2 is 1.12 bits per heavy atom. The van der Waals surface area contributed by atoms with E-state index in [-0.39, 0.29) is 0 Å². The minimum absolute atomic E-state index is 0.668. The topological polar surface area (TPSA) is 18.5 Å². The monoisotopic (exact) mass is 282 g/mol. The van der Waals surface area contributed by atoms with Gasteiger partial charge in [0.15, 0.2) is 0 Å². The summed E-state index contributed by atoms with van der Waals surface area (Å²) >= 11 is 9.53. The smallest absolute Gasteiger partial charge is 0.345 e. The molecule has 0 unspecified atom stereocenters. The van der Waals surface area contributed by atoms with Crippen LogP contribution in [0.15, 0.2) is 60.7 Å². The summed E-state index contributed by atoms with van der Waals surface area (Å²) in [6, 6.07) is 18.6. The Morgan fingerprint density at radius 3 is 1.47 bits per heavy atom. The molecular formula is C12H11O2PS2. The molecule has 0 N–H and O–H groups in total. The molecule has 0 fully saturated rings. The summed E-state index contributed by atoms with van der Waals surface area (Å²) in [7, 11) is 0. The highest BCUT2D eigenvalue weighted by Gasteiger charge is 2.16. The number of rotatable bonds is 4. The molecule has 2 nitrogen and oxygen atoms in total. The predicted octanol–water partition coefficient (Wildman–Crippen LogP) is 4.30. The van der Waals surface area contributed by atoms with E-state index in [2.05, 4.69) is 12.2 Å². The summed E-state index contributed by atoms with van der Waals surface area (Å²) in [6.07, 6.45) is 0. The molecule has 0 aliphatic heterocycles. The lowest BCUT2D eigenvalue weighted by molar-refractivity contribution is 0.507. The first-order valence-electron chi connectivity index (χ1n) is 4.98. The van der Waals surface area contributed by atoms with E-state index in [0.717, 1.165) is 0 Å². The van der Waals surface area contributed by atoms with Crippen LogP contribution in [0, 0.1) is 0 Å². The Balaban J connectivity index is 2.07. The van der Waals surface area contributed by atoms with Gasteiger partial charge in [-0.1, -0.05) is 48.6 Å². The van der Waals surface area contributed by atoms with Crippen molar-refractivity contribution in [3.8, 4) is 11.5 Å². The van der Waals surface area contributed by atoms with E-state index in [1.165, 1.54) is 0 Å². The Kier molecular flexibility index (Phi) is 4.11. The van der Waals surface area contributed by atoms with Crippen molar-refractivity contribution in [1.29, 1.82) is 0 Å². The molecule has 0 bridgehead atoms. The molecule has 0 atom stereocenters. The molecule has 0 aromatic heterocycles. The van der Waals surface area contributed by atoms with Crippen LogP contribution < -0.4 is 9.05 Å². The highest BCUT2D eigenvalue weighted by atomic mass is 32.9. The number of hydrogen-bond acceptors (Lipinski definition) is 3. The third-order valence-corrected chi connectivity index (χ3v) is 3.75. The first-order valence-corrected chi connectivity index (χ1v) is 8.77. The third-order valence-electron chi connectivity index (χ3n) is 1.93. The maximum atomic E-state index is 5.57. The minimum atomic E-state index is -2.61. The molecule has 0 radical (unpaired) electrons. The summed E-state index contributed by atoms with van der Waals surface area (Å²) in [4.78, 5) is 0. The highest BCUT2D eigenvalue weighted by molar-refractivity contribution is 8.60. The Hall–Kier alpha value is -0.960. The van der Waals surface area contributed by atoms with Crippen LogP contribution in [-0.2, 0) is 11.8 Å². The quantitative estimate of drug-likeness (QED) is 0.666. The van der Waals surface area contributed by atoms with Crippen LogP contribution in [0.2, 0.25) is 0 Å². The van der Waals surface area contributed by atoms with Crippen LogP contribution in [0.3, 0.4) is 0 Å². The molecule has 2 aromatic rings. The average molecular weight is 282 g/mol. The van der Waals surface area contributed by atoms with Crippen molar-refractivity contribution >= 4 is 29.7 Å². The number of thiol groups is 1. The van der Waals surface area contributed by atoms with E-state index in [9.17, 15) is 0 Å². The molecule has 0 heterocycles. The van der Waals surface area contributed by atoms with E-state index in [4.69, 9.17) is 20.9 Å². The fourth-order valence-corrected chi connectivity index (χ4v) is 3.14. The van der Waals surface area contributed by atoms with Crippen molar-refractivity contribution in [1.82, 2.24) is 0 Å². The molecule has 0 spiro atoms. The molecule has 5 heteroatoms. The van der Waals surface area contributed by atoms with Crippen LogP contribution in [0.1, 0.15) is 0 Å². The fourth-order valence-electron chi connectivity index (χ4n) is 1.25. The van der Waals surface area contributed by atoms with Gasteiger partial charge >= 0.3 is 5.69 Å². The van der Waals surface area contributed by atoms with Crippen molar-refractivity contribution < 1.29 is 9.05 Å². The summed E-state index contributed by atoms with van der Waals surface area (Å²) in [5, 5.41) is 0. The zero-order valence-corrected chi connectivity index (χ0v) is 11.5. The van der Waals surface area contributed by atoms with E-state index in [1.54, 1.807) is 0 Å². The predicted molar refractivity (Wildman–Crippen MR) is 77.4 cm³/mol. The molecule has 2 rings (SSSR count). The number of hydrogen-bond donors (Lipinski definition) is 1. The number of para-hydroxylation sites is 2. The number of benzene rings is 2. The fraction of sp³-hybridized carbons (Fsp3) is 0. The summed E-state index contributed by atoms with van der Waals surface area (Å²) in [5.41, 5.74) is -2.61. The normalized spacial score (nSPS) is 10.9. The second-order valence-corrected chi connectivity index (χ2v) is 8.41. The minimum Gasteiger partial charge on any atom is -0.428 e. The summed E-state index contributed by atoms with van der Waals surface area (Å²) < 4.78 is 11.1. The zero-order valence-electron chi connectivity index (χ0n) is 8.89. The van der Waals surface area contributed by atoms with Gasteiger partial charge < -0.3 is 9.05 Å². The molecule has 0 amide bonds. The van der Waals surface area contributed by atoms with Crippen LogP contribution in [-0.4, -0.2) is 0 Å². The van der Waals surface area contributed by atoms with Gasteiger partial charge in [0.1, 0.15) is 11.5 Å². The molecule has 0 aliphatic carbocycles. The maximum absolute atomic E-state index is 5.57. The van der Waals surface area contributed by atoms with Crippen molar-refractivity contribution in [3.05, 3.63) is 60.7 Å². The molecule has 0 aliphatic rings. The van der Waals surface area contributed by atoms with Gasteiger partial charge in [0.05, 0.1) is 0 Å². The van der Waals surface area contributed by atoms with Gasteiger partial charge in [0.25, 0.3) is 0 Å². The molecule has 0 saturated carbocycles. The van der Waals surface area contributed by atoms with E-state index < -0.39 is 5.69 Å². The van der Waals surface area contributed by atoms with Gasteiger partial charge in [-0.2, -0.15) is 0 Å². The summed E-state index contributed by atoms with van der Waals surface area (Å²) in [6.45, 7) is 0. The van der Waals surface area contributed by atoms with Crippen LogP contribution in [0.5, 0.6) is 11.5 Å².